The second-order valence-electron chi connectivity index (χ2n) is 6.50. The number of ether oxygens (including phenoxy) is 2. The predicted molar refractivity (Wildman–Crippen MR) is 105 cm³/mol. The fourth-order valence-corrected chi connectivity index (χ4v) is 3.22. The monoisotopic (exact) mass is 349 g/mol. The van der Waals surface area contributed by atoms with Crippen LogP contribution in [0.25, 0.3) is 10.8 Å². The molecule has 0 atom stereocenters. The second-order valence-corrected chi connectivity index (χ2v) is 6.50. The fraction of sp³-hybridized carbons (Fsp3) is 0.286. The number of hydrogen-bond donors (Lipinski definition) is 2. The highest BCUT2D eigenvalue weighted by atomic mass is 16.5. The fourth-order valence-electron chi connectivity index (χ4n) is 3.22. The third-order valence-electron chi connectivity index (χ3n) is 4.62. The third kappa shape index (κ3) is 3.89. The number of nitrogens with zero attached hydrogens (tertiary/aromatic N) is 1. The molecule has 0 unspecified atom stereocenters. The maximum absolute atomic E-state index is 6.15. The van der Waals surface area contributed by atoms with Crippen LogP contribution in [0.1, 0.15) is 12.8 Å². The molecule has 0 radical (unpaired) electrons. The van der Waals surface area contributed by atoms with Gasteiger partial charge in [0.25, 0.3) is 0 Å². The molecule has 4 rings (SSSR count). The van der Waals surface area contributed by atoms with Crippen LogP contribution < -0.4 is 20.1 Å². The lowest BCUT2D eigenvalue weighted by Crippen LogP contribution is -2.34. The van der Waals surface area contributed by atoms with E-state index in [0.29, 0.717) is 6.10 Å². The normalized spacial score (nSPS) is 15.0. The van der Waals surface area contributed by atoms with Crippen molar-refractivity contribution < 1.29 is 9.47 Å². The van der Waals surface area contributed by atoms with Crippen LogP contribution in [-0.4, -0.2) is 31.3 Å². The summed E-state index contributed by atoms with van der Waals surface area (Å²) >= 11 is 0. The van der Waals surface area contributed by atoms with Crippen LogP contribution in [0.3, 0.4) is 0 Å². The Morgan fingerprint density at radius 2 is 1.88 bits per heavy atom. The molecule has 0 spiro atoms. The molecule has 2 N–H and O–H groups in total. The minimum absolute atomic E-state index is 0.296. The second kappa shape index (κ2) is 7.62. The molecule has 134 valence electrons. The van der Waals surface area contributed by atoms with Crippen LogP contribution in [-0.2, 0) is 0 Å². The molecule has 1 aliphatic heterocycles. The smallest absolute Gasteiger partial charge is 0.130 e. The average molecular weight is 349 g/mol. The topological polar surface area (TPSA) is 55.4 Å². The van der Waals surface area contributed by atoms with E-state index in [2.05, 4.69) is 27.8 Å². The Kier molecular flexibility index (Phi) is 4.88. The quantitative estimate of drug-likeness (QED) is 0.726. The number of nitrogens with one attached hydrogen (secondary N) is 2. The van der Waals surface area contributed by atoms with Gasteiger partial charge in [-0.25, -0.2) is 4.98 Å². The van der Waals surface area contributed by atoms with Gasteiger partial charge in [0, 0.05) is 23.3 Å². The molecule has 0 amide bonds. The van der Waals surface area contributed by atoms with E-state index in [4.69, 9.17) is 9.47 Å². The van der Waals surface area contributed by atoms with Crippen molar-refractivity contribution in [1.29, 1.82) is 0 Å². The summed E-state index contributed by atoms with van der Waals surface area (Å²) in [7, 11) is 1.66. The third-order valence-corrected chi connectivity index (χ3v) is 4.62. The van der Waals surface area contributed by atoms with Crippen LogP contribution in [0.15, 0.2) is 54.7 Å². The summed E-state index contributed by atoms with van der Waals surface area (Å²) in [5.74, 6) is 2.53. The molecule has 3 aromatic rings. The van der Waals surface area contributed by atoms with Crippen molar-refractivity contribution in [1.82, 2.24) is 10.3 Å². The van der Waals surface area contributed by atoms with Gasteiger partial charge in [0.2, 0.25) is 0 Å². The largest absolute Gasteiger partial charge is 0.497 e. The molecule has 2 aromatic carbocycles. The van der Waals surface area contributed by atoms with Crippen molar-refractivity contribution in [2.45, 2.75) is 18.9 Å². The zero-order valence-corrected chi connectivity index (χ0v) is 14.9. The van der Waals surface area contributed by atoms with Crippen LogP contribution in [0.5, 0.6) is 11.5 Å². The molecular formula is C21H23N3O2. The highest BCUT2D eigenvalue weighted by Crippen LogP contribution is 2.26. The van der Waals surface area contributed by atoms with Crippen LogP contribution in [0, 0.1) is 0 Å². The zero-order valence-electron chi connectivity index (χ0n) is 14.9. The van der Waals surface area contributed by atoms with Gasteiger partial charge in [0.15, 0.2) is 0 Å². The lowest BCUT2D eigenvalue weighted by atomic mass is 10.1. The molecule has 1 fully saturated rings. The molecule has 0 bridgehead atoms. The van der Waals surface area contributed by atoms with E-state index in [9.17, 15) is 0 Å². The molecule has 26 heavy (non-hydrogen) atoms. The van der Waals surface area contributed by atoms with E-state index in [1.54, 1.807) is 7.11 Å². The van der Waals surface area contributed by atoms with Crippen molar-refractivity contribution in [3.63, 3.8) is 0 Å². The molecule has 1 saturated heterocycles. The Balaban J connectivity index is 1.54. The van der Waals surface area contributed by atoms with E-state index < -0.39 is 0 Å². The standard InChI is InChI=1S/C21H23N3O2/c1-25-19-4-2-3-17(13-19)24-21-12-16-11-20(6-5-15(16)14-23-21)26-18-7-9-22-10-8-18/h2-6,11-14,18,22H,7-10H2,1H3,(H,23,24). The molecule has 5 heteroatoms. The van der Waals surface area contributed by atoms with Crippen molar-refractivity contribution in [3.8, 4) is 11.5 Å². The Morgan fingerprint density at radius 1 is 1.00 bits per heavy atom. The number of aromatic nitrogens is 1. The Morgan fingerprint density at radius 3 is 2.73 bits per heavy atom. The molecule has 0 saturated carbocycles. The summed E-state index contributed by atoms with van der Waals surface area (Å²) in [6.45, 7) is 2.05. The predicted octanol–water partition coefficient (Wildman–Crippen LogP) is 4.12. The Labute approximate surface area is 153 Å². The first-order valence-corrected chi connectivity index (χ1v) is 8.98. The first-order chi connectivity index (χ1) is 12.8. The van der Waals surface area contributed by atoms with E-state index >= 15 is 0 Å². The summed E-state index contributed by atoms with van der Waals surface area (Å²) in [6.07, 6.45) is 4.28. The van der Waals surface area contributed by atoms with Crippen LogP contribution in [0.4, 0.5) is 11.5 Å². The van der Waals surface area contributed by atoms with Gasteiger partial charge < -0.3 is 20.1 Å². The van der Waals surface area contributed by atoms with E-state index in [1.807, 2.05) is 42.6 Å². The van der Waals surface area contributed by atoms with Gasteiger partial charge in [0.05, 0.1) is 7.11 Å². The van der Waals surface area contributed by atoms with Gasteiger partial charge in [0.1, 0.15) is 23.4 Å². The van der Waals surface area contributed by atoms with Gasteiger partial charge in [-0.2, -0.15) is 0 Å². The number of hydrogen-bond acceptors (Lipinski definition) is 5. The molecular weight excluding hydrogens is 326 g/mol. The van der Waals surface area contributed by atoms with E-state index in [1.165, 1.54) is 0 Å². The van der Waals surface area contributed by atoms with Gasteiger partial charge in [-0.05, 0) is 67.7 Å². The summed E-state index contributed by atoms with van der Waals surface area (Å²) < 4.78 is 11.4. The molecule has 0 aliphatic carbocycles. The highest BCUT2D eigenvalue weighted by molar-refractivity contribution is 5.85. The number of pyridine rings is 1. The van der Waals surface area contributed by atoms with Gasteiger partial charge in [-0.3, -0.25) is 0 Å². The molecule has 1 aliphatic rings. The first-order valence-electron chi connectivity index (χ1n) is 8.98. The summed E-state index contributed by atoms with van der Waals surface area (Å²) in [5, 5.41) is 8.90. The van der Waals surface area contributed by atoms with Gasteiger partial charge in [-0.15, -0.1) is 0 Å². The summed E-state index contributed by atoms with van der Waals surface area (Å²) in [4.78, 5) is 4.50. The lowest BCUT2D eigenvalue weighted by molar-refractivity contribution is 0.162. The minimum atomic E-state index is 0.296. The number of piperidine rings is 1. The number of anilines is 2. The number of benzene rings is 2. The van der Waals surface area contributed by atoms with Crippen molar-refractivity contribution in [2.24, 2.45) is 0 Å². The van der Waals surface area contributed by atoms with Crippen LogP contribution >= 0.6 is 0 Å². The van der Waals surface area contributed by atoms with Crippen LogP contribution in [0.2, 0.25) is 0 Å². The Hall–Kier alpha value is -2.79. The van der Waals surface area contributed by atoms with E-state index in [0.717, 1.165) is 59.7 Å². The summed E-state index contributed by atoms with van der Waals surface area (Å²) in [6, 6.07) is 16.0. The highest BCUT2D eigenvalue weighted by Gasteiger charge is 2.14. The van der Waals surface area contributed by atoms with Gasteiger partial charge >= 0.3 is 0 Å². The molecule has 2 heterocycles. The molecule has 5 nitrogen and oxygen atoms in total. The van der Waals surface area contributed by atoms with Gasteiger partial charge in [-0.1, -0.05) is 6.07 Å². The first kappa shape index (κ1) is 16.7. The number of fused-ring (bicyclic) bond motifs is 1. The van der Waals surface area contributed by atoms with E-state index in [-0.39, 0.29) is 0 Å². The minimum Gasteiger partial charge on any atom is -0.497 e. The maximum atomic E-state index is 6.15. The average Bonchev–Trinajstić information content (AvgIpc) is 2.69. The SMILES string of the molecule is COc1cccc(Nc2cc3cc(OC4CCNCC4)ccc3cn2)c1. The van der Waals surface area contributed by atoms with Crippen molar-refractivity contribution >= 4 is 22.3 Å². The maximum Gasteiger partial charge on any atom is 0.130 e. The van der Waals surface area contributed by atoms with Crippen molar-refractivity contribution in [3.05, 3.63) is 54.7 Å². The Bertz CT molecular complexity index is 891. The van der Waals surface area contributed by atoms with Crippen molar-refractivity contribution in [2.75, 3.05) is 25.5 Å². The zero-order chi connectivity index (χ0) is 17.8. The molecule has 1 aromatic heterocycles. The lowest BCUT2D eigenvalue weighted by Gasteiger charge is -2.24. The number of methoxy groups -OCH3 is 1. The summed E-state index contributed by atoms with van der Waals surface area (Å²) in [5.41, 5.74) is 0.943. The number of rotatable bonds is 5.